The minimum atomic E-state index is -3.63. The molecule has 1 N–H and O–H groups in total. The van der Waals surface area contributed by atoms with Crippen molar-refractivity contribution >= 4 is 61.5 Å². The number of nitrogens with one attached hydrogen (secondary N) is 1. The zero-order chi connectivity index (χ0) is 14.0. The average Bonchev–Trinajstić information content (AvgIpc) is 2.31. The van der Waals surface area contributed by atoms with Crippen LogP contribution >= 0.6 is 45.8 Å². The molecule has 2 rings (SSSR count). The molecule has 0 fully saturated rings. The lowest BCUT2D eigenvalue weighted by molar-refractivity contribution is 0.600. The van der Waals surface area contributed by atoms with Gasteiger partial charge in [-0.05, 0) is 65.1 Å². The monoisotopic (exact) mass is 427 g/mol. The normalized spacial score (nSPS) is 11.3. The molecule has 2 aromatic rings. The summed E-state index contributed by atoms with van der Waals surface area (Å²) < 4.78 is 27.5. The quantitative estimate of drug-likeness (QED) is 0.738. The highest BCUT2D eigenvalue weighted by Gasteiger charge is 2.17. The second kappa shape index (κ2) is 5.87. The fraction of sp³-hybridized carbons (Fsp3) is 0. The first-order valence-corrected chi connectivity index (χ1v) is 8.44. The van der Waals surface area contributed by atoms with E-state index in [4.69, 9.17) is 23.2 Å². The van der Waals surface area contributed by atoms with Gasteiger partial charge in [-0.15, -0.1) is 0 Å². The van der Waals surface area contributed by atoms with Crippen molar-refractivity contribution in [1.29, 1.82) is 0 Å². The van der Waals surface area contributed by atoms with Gasteiger partial charge in [-0.3, -0.25) is 4.72 Å². The standard InChI is InChI=1S/C12H8Cl2INO2S/c13-8-1-4-10(5-2-8)16-19(17,18)12-6-3-9(14)7-11(12)15/h1-7,16H. The fourth-order valence-corrected chi connectivity index (χ4v) is 4.41. The van der Waals surface area contributed by atoms with Gasteiger partial charge in [0.25, 0.3) is 10.0 Å². The van der Waals surface area contributed by atoms with Gasteiger partial charge in [0.2, 0.25) is 0 Å². The third kappa shape index (κ3) is 3.75. The second-order valence-corrected chi connectivity index (χ2v) is 7.37. The molecule has 0 unspecified atom stereocenters. The van der Waals surface area contributed by atoms with E-state index in [0.29, 0.717) is 19.3 Å². The van der Waals surface area contributed by atoms with Crippen LogP contribution in [0.5, 0.6) is 0 Å². The number of benzene rings is 2. The van der Waals surface area contributed by atoms with E-state index in [1.165, 1.54) is 6.07 Å². The van der Waals surface area contributed by atoms with Gasteiger partial charge >= 0.3 is 0 Å². The third-order valence-electron chi connectivity index (χ3n) is 2.28. The number of rotatable bonds is 3. The Balaban J connectivity index is 2.35. The van der Waals surface area contributed by atoms with Gasteiger partial charge in [0, 0.05) is 19.3 Å². The maximum Gasteiger partial charge on any atom is 0.262 e. The highest BCUT2D eigenvalue weighted by atomic mass is 127. The summed E-state index contributed by atoms with van der Waals surface area (Å²) in [6, 6.07) is 11.0. The molecule has 3 nitrogen and oxygen atoms in total. The Labute approximate surface area is 135 Å². The summed E-state index contributed by atoms with van der Waals surface area (Å²) in [5, 5.41) is 1.04. The van der Waals surface area contributed by atoms with Gasteiger partial charge in [0.1, 0.15) is 4.90 Å². The molecule has 19 heavy (non-hydrogen) atoms. The van der Waals surface area contributed by atoms with Crippen LogP contribution in [0.1, 0.15) is 0 Å². The summed E-state index contributed by atoms with van der Waals surface area (Å²) in [5.74, 6) is 0. The first-order valence-electron chi connectivity index (χ1n) is 5.12. The van der Waals surface area contributed by atoms with Crippen molar-refractivity contribution in [3.8, 4) is 0 Å². The van der Waals surface area contributed by atoms with Crippen LogP contribution in [0.3, 0.4) is 0 Å². The summed E-state index contributed by atoms with van der Waals surface area (Å²) in [7, 11) is -3.63. The van der Waals surface area contributed by atoms with E-state index in [2.05, 4.69) is 4.72 Å². The number of halogens is 3. The molecule has 0 aliphatic carbocycles. The van der Waals surface area contributed by atoms with Crippen molar-refractivity contribution in [3.05, 3.63) is 56.1 Å². The fourth-order valence-electron chi connectivity index (χ4n) is 1.42. The second-order valence-electron chi connectivity index (χ2n) is 3.69. The van der Waals surface area contributed by atoms with Crippen LogP contribution in [-0.4, -0.2) is 8.42 Å². The minimum absolute atomic E-state index is 0.187. The van der Waals surface area contributed by atoms with Crippen molar-refractivity contribution < 1.29 is 8.42 Å². The molecule has 7 heteroatoms. The molecule has 0 atom stereocenters. The van der Waals surface area contributed by atoms with Crippen molar-refractivity contribution in [2.24, 2.45) is 0 Å². The van der Waals surface area contributed by atoms with E-state index < -0.39 is 10.0 Å². The first-order chi connectivity index (χ1) is 8.88. The molecule has 0 aromatic heterocycles. The molecule has 0 spiro atoms. The topological polar surface area (TPSA) is 46.2 Å². The lowest BCUT2D eigenvalue weighted by Gasteiger charge is -2.09. The zero-order valence-corrected chi connectivity index (χ0v) is 13.9. The highest BCUT2D eigenvalue weighted by molar-refractivity contribution is 14.1. The maximum atomic E-state index is 12.2. The summed E-state index contributed by atoms with van der Waals surface area (Å²) in [4.78, 5) is 0.187. The Morgan fingerprint density at radius 3 is 2.11 bits per heavy atom. The Bertz CT molecular complexity index is 702. The molecular weight excluding hydrogens is 420 g/mol. The van der Waals surface area contributed by atoms with E-state index in [9.17, 15) is 8.42 Å². The largest absolute Gasteiger partial charge is 0.280 e. The van der Waals surface area contributed by atoms with Crippen LogP contribution in [0, 0.1) is 3.57 Å². The smallest absolute Gasteiger partial charge is 0.262 e. The maximum absolute atomic E-state index is 12.2. The van der Waals surface area contributed by atoms with Crippen LogP contribution in [0.2, 0.25) is 10.0 Å². The lowest BCUT2D eigenvalue weighted by atomic mass is 10.3. The van der Waals surface area contributed by atoms with Crippen molar-refractivity contribution in [2.75, 3.05) is 4.72 Å². The molecule has 100 valence electrons. The van der Waals surface area contributed by atoms with Crippen molar-refractivity contribution in [3.63, 3.8) is 0 Å². The molecule has 0 saturated heterocycles. The van der Waals surface area contributed by atoms with E-state index in [0.717, 1.165) is 0 Å². The van der Waals surface area contributed by atoms with Gasteiger partial charge in [-0.2, -0.15) is 0 Å². The van der Waals surface area contributed by atoms with Gasteiger partial charge in [0.15, 0.2) is 0 Å². The lowest BCUT2D eigenvalue weighted by Crippen LogP contribution is -2.14. The molecule has 0 amide bonds. The average molecular weight is 428 g/mol. The Morgan fingerprint density at radius 1 is 0.947 bits per heavy atom. The third-order valence-corrected chi connectivity index (χ3v) is 5.46. The van der Waals surface area contributed by atoms with Gasteiger partial charge in [-0.1, -0.05) is 23.2 Å². The van der Waals surface area contributed by atoms with Gasteiger partial charge in [0.05, 0.1) is 0 Å². The number of hydrogen-bond acceptors (Lipinski definition) is 2. The molecule has 0 aliphatic heterocycles. The molecule has 0 aliphatic rings. The molecule has 2 aromatic carbocycles. The van der Waals surface area contributed by atoms with Crippen molar-refractivity contribution in [2.45, 2.75) is 4.90 Å². The van der Waals surface area contributed by atoms with Crippen molar-refractivity contribution in [1.82, 2.24) is 0 Å². The Kier molecular flexibility index (Phi) is 4.60. The summed E-state index contributed by atoms with van der Waals surface area (Å²) >= 11 is 13.5. The predicted octanol–water partition coefficient (Wildman–Crippen LogP) is 4.40. The number of sulfonamides is 1. The first kappa shape index (κ1) is 14.9. The predicted molar refractivity (Wildman–Crippen MR) is 86.4 cm³/mol. The Morgan fingerprint density at radius 2 is 1.53 bits per heavy atom. The molecule has 0 heterocycles. The van der Waals surface area contributed by atoms with E-state index in [1.54, 1.807) is 36.4 Å². The number of anilines is 1. The van der Waals surface area contributed by atoms with Crippen LogP contribution in [0.15, 0.2) is 47.4 Å². The van der Waals surface area contributed by atoms with Gasteiger partial charge < -0.3 is 0 Å². The van der Waals surface area contributed by atoms with Crippen LogP contribution in [0.4, 0.5) is 5.69 Å². The van der Waals surface area contributed by atoms with Crippen LogP contribution in [0.25, 0.3) is 0 Å². The van der Waals surface area contributed by atoms with E-state index in [1.807, 2.05) is 22.6 Å². The number of hydrogen-bond donors (Lipinski definition) is 1. The van der Waals surface area contributed by atoms with E-state index in [-0.39, 0.29) is 4.90 Å². The summed E-state index contributed by atoms with van der Waals surface area (Å²) in [6.07, 6.45) is 0. The Hall–Kier alpha value is -0.500. The van der Waals surface area contributed by atoms with E-state index >= 15 is 0 Å². The van der Waals surface area contributed by atoms with Gasteiger partial charge in [-0.25, -0.2) is 8.42 Å². The molecule has 0 bridgehead atoms. The summed E-state index contributed by atoms with van der Waals surface area (Å²) in [5.41, 5.74) is 0.454. The highest BCUT2D eigenvalue weighted by Crippen LogP contribution is 2.24. The van der Waals surface area contributed by atoms with Crippen LogP contribution in [-0.2, 0) is 10.0 Å². The van der Waals surface area contributed by atoms with Crippen LogP contribution < -0.4 is 4.72 Å². The molecular formula is C12H8Cl2INO2S. The zero-order valence-electron chi connectivity index (χ0n) is 9.40. The molecule has 0 saturated carbocycles. The summed E-state index contributed by atoms with van der Waals surface area (Å²) in [6.45, 7) is 0. The SMILES string of the molecule is O=S(=O)(Nc1ccc(Cl)cc1)c1ccc(Cl)cc1I. The minimum Gasteiger partial charge on any atom is -0.280 e. The molecule has 0 radical (unpaired) electrons.